The minimum absolute atomic E-state index is 0.00351. The lowest BCUT2D eigenvalue weighted by atomic mass is 9.92. The van der Waals surface area contributed by atoms with Gasteiger partial charge in [-0.2, -0.15) is 0 Å². The van der Waals surface area contributed by atoms with Gasteiger partial charge in [0.2, 0.25) is 0 Å². The SMILES string of the molecule is CN(C)CCCc1cccc(-c2ccc(Cl)cc2)c1CN1CCN(c2ccc(C(=O)NS(=O)(=O)c3ccc(NCCCN4CCCC4)c([N+](=O)[O-])c3)c(Oc3ccccc3)c2)CC1. The first-order valence-corrected chi connectivity index (χ1v) is 23.5. The molecule has 0 unspecified atom stereocenters. The van der Waals surface area contributed by atoms with Crippen LogP contribution in [0.15, 0.2) is 114 Å². The first kappa shape index (κ1) is 45.5. The Morgan fingerprint density at radius 2 is 1.59 bits per heavy atom. The summed E-state index contributed by atoms with van der Waals surface area (Å²) in [6.07, 6.45) is 5.17. The summed E-state index contributed by atoms with van der Waals surface area (Å²) in [5, 5.41) is 15.8. The molecule has 7 rings (SSSR count). The van der Waals surface area contributed by atoms with Crippen LogP contribution >= 0.6 is 11.6 Å². The molecular formula is C48H56ClN7O6S. The van der Waals surface area contributed by atoms with Crippen molar-refractivity contribution < 1.29 is 22.9 Å². The average molecular weight is 895 g/mol. The number of halogens is 1. The van der Waals surface area contributed by atoms with Crippen molar-refractivity contribution in [3.8, 4) is 22.6 Å². The Labute approximate surface area is 375 Å². The van der Waals surface area contributed by atoms with Crippen LogP contribution in [0.25, 0.3) is 11.1 Å². The summed E-state index contributed by atoms with van der Waals surface area (Å²) >= 11 is 6.27. The van der Waals surface area contributed by atoms with Crippen molar-refractivity contribution in [1.82, 2.24) is 19.4 Å². The molecule has 0 atom stereocenters. The number of carbonyl (C=O) groups excluding carboxylic acids is 1. The summed E-state index contributed by atoms with van der Waals surface area (Å²) in [5.74, 6) is -0.284. The van der Waals surface area contributed by atoms with Crippen molar-refractivity contribution in [2.24, 2.45) is 0 Å². The molecule has 63 heavy (non-hydrogen) atoms. The van der Waals surface area contributed by atoms with E-state index in [0.29, 0.717) is 30.4 Å². The van der Waals surface area contributed by atoms with E-state index < -0.39 is 31.4 Å². The summed E-state index contributed by atoms with van der Waals surface area (Å²) in [7, 11) is -0.325. The molecule has 13 nitrogen and oxygen atoms in total. The molecule has 0 bridgehead atoms. The average Bonchev–Trinajstić information content (AvgIpc) is 3.80. The molecule has 2 aliphatic rings. The van der Waals surface area contributed by atoms with E-state index in [9.17, 15) is 23.3 Å². The Balaban J connectivity index is 1.06. The van der Waals surface area contributed by atoms with Crippen molar-refractivity contribution >= 4 is 44.6 Å². The number of nitro benzene ring substituents is 1. The normalized spacial score (nSPS) is 14.8. The molecule has 2 fully saturated rings. The zero-order chi connectivity index (χ0) is 44.3. The molecule has 5 aromatic carbocycles. The van der Waals surface area contributed by atoms with Gasteiger partial charge in [0.15, 0.2) is 0 Å². The van der Waals surface area contributed by atoms with Crippen LogP contribution in [0.3, 0.4) is 0 Å². The largest absolute Gasteiger partial charge is 0.456 e. The van der Waals surface area contributed by atoms with Gasteiger partial charge in [0.25, 0.3) is 21.6 Å². The van der Waals surface area contributed by atoms with Crippen LogP contribution in [-0.2, 0) is 23.0 Å². The van der Waals surface area contributed by atoms with Gasteiger partial charge in [-0.05, 0) is 143 Å². The van der Waals surface area contributed by atoms with Gasteiger partial charge in [0.1, 0.15) is 17.2 Å². The molecule has 2 aliphatic heterocycles. The Hall–Kier alpha value is -5.51. The van der Waals surface area contributed by atoms with Crippen LogP contribution in [0.4, 0.5) is 17.1 Å². The molecule has 332 valence electrons. The highest BCUT2D eigenvalue weighted by atomic mass is 35.5. The smallest absolute Gasteiger partial charge is 0.293 e. The maximum atomic E-state index is 13.8. The zero-order valence-corrected chi connectivity index (χ0v) is 37.5. The second-order valence-corrected chi connectivity index (χ2v) is 18.5. The van der Waals surface area contributed by atoms with Crippen LogP contribution < -0.4 is 19.7 Å². The number of anilines is 2. The van der Waals surface area contributed by atoms with Crippen molar-refractivity contribution in [3.05, 3.63) is 141 Å². The quantitative estimate of drug-likeness (QED) is 0.0468. The monoisotopic (exact) mass is 893 g/mol. The molecule has 2 heterocycles. The Kier molecular flexibility index (Phi) is 15.3. The van der Waals surface area contributed by atoms with Gasteiger partial charge < -0.3 is 24.8 Å². The third-order valence-electron chi connectivity index (χ3n) is 11.6. The number of ether oxygens (including phenoxy) is 1. The number of likely N-dealkylation sites (tertiary alicyclic amines) is 1. The number of sulfonamides is 1. The van der Waals surface area contributed by atoms with E-state index in [4.69, 9.17) is 16.3 Å². The Morgan fingerprint density at radius 1 is 0.841 bits per heavy atom. The van der Waals surface area contributed by atoms with E-state index in [-0.39, 0.29) is 17.0 Å². The fourth-order valence-electron chi connectivity index (χ4n) is 8.27. The minimum Gasteiger partial charge on any atom is -0.456 e. The molecule has 2 N–H and O–H groups in total. The number of amides is 1. The summed E-state index contributed by atoms with van der Waals surface area (Å²) in [5.41, 5.74) is 5.65. The molecule has 0 aliphatic carbocycles. The predicted octanol–water partition coefficient (Wildman–Crippen LogP) is 8.54. The van der Waals surface area contributed by atoms with Crippen molar-refractivity contribution in [3.63, 3.8) is 0 Å². The molecule has 1 amide bonds. The van der Waals surface area contributed by atoms with Crippen molar-refractivity contribution in [1.29, 1.82) is 0 Å². The number of hydrogen-bond donors (Lipinski definition) is 2. The molecule has 0 aromatic heterocycles. The summed E-state index contributed by atoms with van der Waals surface area (Å²) in [4.78, 5) is 34.1. The first-order valence-electron chi connectivity index (χ1n) is 21.6. The summed E-state index contributed by atoms with van der Waals surface area (Å²) < 4.78 is 35.6. The number of nitrogens with zero attached hydrogens (tertiary/aromatic N) is 5. The van der Waals surface area contributed by atoms with Gasteiger partial charge in [-0.25, -0.2) is 13.1 Å². The second kappa shape index (κ2) is 21.2. The van der Waals surface area contributed by atoms with Crippen LogP contribution in [0.5, 0.6) is 11.5 Å². The van der Waals surface area contributed by atoms with Gasteiger partial charge in [-0.1, -0.05) is 60.1 Å². The molecular weight excluding hydrogens is 838 g/mol. The molecule has 0 saturated carbocycles. The van der Waals surface area contributed by atoms with E-state index in [2.05, 4.69) is 74.1 Å². The van der Waals surface area contributed by atoms with Crippen LogP contribution in [0, 0.1) is 10.1 Å². The number of piperazine rings is 1. The maximum Gasteiger partial charge on any atom is 0.293 e. The Morgan fingerprint density at radius 3 is 2.30 bits per heavy atom. The van der Waals surface area contributed by atoms with E-state index in [1.807, 2.05) is 18.2 Å². The third kappa shape index (κ3) is 12.2. The van der Waals surface area contributed by atoms with Gasteiger partial charge in [-0.3, -0.25) is 19.8 Å². The number of aryl methyl sites for hydroxylation is 1. The van der Waals surface area contributed by atoms with E-state index in [1.54, 1.807) is 42.5 Å². The number of para-hydroxylation sites is 1. The summed E-state index contributed by atoms with van der Waals surface area (Å²) in [6.45, 7) is 8.30. The molecule has 0 radical (unpaired) electrons. The zero-order valence-electron chi connectivity index (χ0n) is 36.0. The number of benzene rings is 5. The lowest BCUT2D eigenvalue weighted by Crippen LogP contribution is -2.46. The summed E-state index contributed by atoms with van der Waals surface area (Å²) in [6, 6.07) is 32.3. The van der Waals surface area contributed by atoms with Gasteiger partial charge in [-0.15, -0.1) is 0 Å². The van der Waals surface area contributed by atoms with E-state index in [1.165, 1.54) is 41.7 Å². The van der Waals surface area contributed by atoms with Crippen LogP contribution in [-0.4, -0.2) is 107 Å². The fraction of sp³-hybridized carbons (Fsp3) is 0.354. The Bertz CT molecular complexity index is 2460. The van der Waals surface area contributed by atoms with Gasteiger partial charge in [0.05, 0.1) is 15.4 Å². The maximum absolute atomic E-state index is 13.8. The highest BCUT2D eigenvalue weighted by Gasteiger charge is 2.27. The van der Waals surface area contributed by atoms with E-state index >= 15 is 0 Å². The van der Waals surface area contributed by atoms with Crippen molar-refractivity contribution in [2.75, 3.05) is 83.2 Å². The molecule has 0 spiro atoms. The number of carbonyl (C=O) groups is 1. The molecule has 15 heteroatoms. The standard InChI is InChI=1S/C48H56ClN7O6S/c1-52(2)25-9-12-36-11-8-15-42(37-16-18-38(49)19-17-37)44(36)35-54-29-31-55(32-30-54)39-20-22-43(47(33-39)62-40-13-4-3-5-14-40)48(57)51-63(60,61)41-21-23-45(46(34-41)56(58)59)50-24-10-28-53-26-6-7-27-53/h3-5,8,11,13-23,33-34,50H,6-7,9-10,12,24-32,35H2,1-2H3,(H,51,57). The second-order valence-electron chi connectivity index (χ2n) is 16.4. The molecule has 2 saturated heterocycles. The lowest BCUT2D eigenvalue weighted by molar-refractivity contribution is -0.384. The van der Waals surface area contributed by atoms with Crippen LogP contribution in [0.2, 0.25) is 5.02 Å². The fourth-order valence-corrected chi connectivity index (χ4v) is 9.38. The molecule has 5 aromatic rings. The highest BCUT2D eigenvalue weighted by Crippen LogP contribution is 2.34. The highest BCUT2D eigenvalue weighted by molar-refractivity contribution is 7.90. The number of nitrogens with one attached hydrogen (secondary N) is 2. The number of rotatable bonds is 19. The van der Waals surface area contributed by atoms with Gasteiger partial charge in [0, 0.05) is 62.1 Å². The topological polar surface area (TPSA) is 141 Å². The first-order chi connectivity index (χ1) is 30.4. The van der Waals surface area contributed by atoms with Crippen molar-refractivity contribution in [2.45, 2.75) is 43.5 Å². The van der Waals surface area contributed by atoms with E-state index in [0.717, 1.165) is 82.4 Å². The number of hydrogen-bond acceptors (Lipinski definition) is 11. The lowest BCUT2D eigenvalue weighted by Gasteiger charge is -2.37. The van der Waals surface area contributed by atoms with Crippen LogP contribution in [0.1, 0.15) is 47.2 Å². The number of nitro groups is 1. The minimum atomic E-state index is -4.52. The van der Waals surface area contributed by atoms with Gasteiger partial charge >= 0.3 is 0 Å². The predicted molar refractivity (Wildman–Crippen MR) is 251 cm³/mol. The third-order valence-corrected chi connectivity index (χ3v) is 13.2.